The summed E-state index contributed by atoms with van der Waals surface area (Å²) >= 11 is 1.77. The van der Waals surface area contributed by atoms with Crippen molar-refractivity contribution >= 4 is 11.3 Å². The van der Waals surface area contributed by atoms with Crippen molar-refractivity contribution in [2.45, 2.75) is 33.1 Å². The molecule has 0 aliphatic carbocycles. The number of aromatic nitrogens is 1. The predicted molar refractivity (Wildman–Crippen MR) is 87.4 cm³/mol. The van der Waals surface area contributed by atoms with Crippen LogP contribution in [0.5, 0.6) is 0 Å². The van der Waals surface area contributed by atoms with Gasteiger partial charge in [-0.25, -0.2) is 4.98 Å². The van der Waals surface area contributed by atoms with E-state index in [9.17, 15) is 0 Å². The summed E-state index contributed by atoms with van der Waals surface area (Å²) in [7, 11) is 0. The third-order valence-corrected chi connectivity index (χ3v) is 4.29. The molecular weight excluding hydrogens is 264 g/mol. The van der Waals surface area contributed by atoms with Crippen LogP contribution in [0.1, 0.15) is 36.0 Å². The minimum absolute atomic E-state index is 0.500. The van der Waals surface area contributed by atoms with E-state index < -0.39 is 0 Å². The van der Waals surface area contributed by atoms with Crippen LogP contribution in [-0.2, 0) is 6.42 Å². The van der Waals surface area contributed by atoms with Crippen molar-refractivity contribution in [3.05, 3.63) is 52.0 Å². The van der Waals surface area contributed by atoms with Gasteiger partial charge in [0.1, 0.15) is 0 Å². The molecule has 0 aliphatic heterocycles. The molecule has 0 amide bonds. The van der Waals surface area contributed by atoms with Gasteiger partial charge in [-0.1, -0.05) is 44.2 Å². The molecule has 1 N–H and O–H groups in total. The topological polar surface area (TPSA) is 24.9 Å². The van der Waals surface area contributed by atoms with Crippen LogP contribution in [0.15, 0.2) is 35.7 Å². The Kier molecular flexibility index (Phi) is 5.74. The Morgan fingerprint density at radius 2 is 1.90 bits per heavy atom. The molecule has 1 aromatic heterocycles. The first-order valence-corrected chi connectivity index (χ1v) is 8.19. The first-order valence-electron chi connectivity index (χ1n) is 7.32. The van der Waals surface area contributed by atoms with Crippen molar-refractivity contribution in [2.75, 3.05) is 13.1 Å². The SMILES string of the molecule is Cc1csc(CC(CNCC(C)C)c2ccccc2)n1. The van der Waals surface area contributed by atoms with E-state index in [1.165, 1.54) is 10.6 Å². The summed E-state index contributed by atoms with van der Waals surface area (Å²) in [5.41, 5.74) is 2.53. The van der Waals surface area contributed by atoms with Crippen LogP contribution in [0.3, 0.4) is 0 Å². The van der Waals surface area contributed by atoms with Crippen molar-refractivity contribution < 1.29 is 0 Å². The second-order valence-electron chi connectivity index (χ2n) is 5.75. The molecule has 1 atom stereocenters. The first kappa shape index (κ1) is 15.2. The monoisotopic (exact) mass is 288 g/mol. The van der Waals surface area contributed by atoms with Crippen LogP contribution < -0.4 is 5.32 Å². The molecule has 0 aliphatic rings. The highest BCUT2D eigenvalue weighted by molar-refractivity contribution is 7.09. The average molecular weight is 288 g/mol. The van der Waals surface area contributed by atoms with Crippen molar-refractivity contribution in [1.82, 2.24) is 10.3 Å². The number of benzene rings is 1. The average Bonchev–Trinajstić information content (AvgIpc) is 2.84. The maximum Gasteiger partial charge on any atom is 0.0934 e. The molecule has 1 unspecified atom stereocenters. The van der Waals surface area contributed by atoms with E-state index in [1.807, 2.05) is 0 Å². The predicted octanol–water partition coefficient (Wildman–Crippen LogP) is 4.02. The van der Waals surface area contributed by atoms with Crippen LogP contribution in [0.4, 0.5) is 0 Å². The van der Waals surface area contributed by atoms with Gasteiger partial charge in [-0.15, -0.1) is 11.3 Å². The van der Waals surface area contributed by atoms with Gasteiger partial charge in [0, 0.05) is 30.0 Å². The lowest BCUT2D eigenvalue weighted by Gasteiger charge is -2.18. The van der Waals surface area contributed by atoms with E-state index in [0.29, 0.717) is 11.8 Å². The minimum atomic E-state index is 0.500. The minimum Gasteiger partial charge on any atom is -0.316 e. The van der Waals surface area contributed by atoms with Gasteiger partial charge < -0.3 is 5.32 Å². The Balaban J connectivity index is 2.03. The molecule has 2 rings (SSSR count). The lowest BCUT2D eigenvalue weighted by molar-refractivity contribution is 0.513. The Bertz CT molecular complexity index is 505. The molecule has 0 saturated heterocycles. The molecule has 0 fully saturated rings. The normalized spacial score (nSPS) is 12.8. The highest BCUT2D eigenvalue weighted by Crippen LogP contribution is 2.22. The number of nitrogens with one attached hydrogen (secondary N) is 1. The van der Waals surface area contributed by atoms with Crippen LogP contribution in [0.25, 0.3) is 0 Å². The Hall–Kier alpha value is -1.19. The lowest BCUT2D eigenvalue weighted by atomic mass is 9.95. The van der Waals surface area contributed by atoms with Crippen molar-refractivity contribution in [1.29, 1.82) is 0 Å². The van der Waals surface area contributed by atoms with Crippen LogP contribution in [0.2, 0.25) is 0 Å². The van der Waals surface area contributed by atoms with E-state index in [-0.39, 0.29) is 0 Å². The third kappa shape index (κ3) is 4.73. The number of nitrogens with zero attached hydrogens (tertiary/aromatic N) is 1. The smallest absolute Gasteiger partial charge is 0.0934 e. The molecule has 1 heterocycles. The molecular formula is C17H24N2S. The Morgan fingerprint density at radius 3 is 2.50 bits per heavy atom. The van der Waals surface area contributed by atoms with Gasteiger partial charge in [-0.05, 0) is 24.9 Å². The molecule has 0 spiro atoms. The summed E-state index contributed by atoms with van der Waals surface area (Å²) in [5, 5.41) is 6.96. The summed E-state index contributed by atoms with van der Waals surface area (Å²) < 4.78 is 0. The van der Waals surface area contributed by atoms with E-state index in [1.54, 1.807) is 11.3 Å². The van der Waals surface area contributed by atoms with Gasteiger partial charge in [0.05, 0.1) is 5.01 Å². The fourth-order valence-corrected chi connectivity index (χ4v) is 3.14. The largest absolute Gasteiger partial charge is 0.316 e. The molecule has 0 radical (unpaired) electrons. The van der Waals surface area contributed by atoms with Gasteiger partial charge in [-0.2, -0.15) is 0 Å². The van der Waals surface area contributed by atoms with Crippen LogP contribution in [-0.4, -0.2) is 18.1 Å². The van der Waals surface area contributed by atoms with Crippen molar-refractivity contribution in [2.24, 2.45) is 5.92 Å². The van der Waals surface area contributed by atoms with Crippen LogP contribution >= 0.6 is 11.3 Å². The summed E-state index contributed by atoms with van der Waals surface area (Å²) in [4.78, 5) is 4.61. The zero-order valence-corrected chi connectivity index (χ0v) is 13.4. The Labute approximate surface area is 126 Å². The quantitative estimate of drug-likeness (QED) is 0.832. The standard InChI is InChI=1S/C17H24N2S/c1-13(2)10-18-11-16(15-7-5-4-6-8-15)9-17-19-14(3)12-20-17/h4-8,12-13,16,18H,9-11H2,1-3H3. The summed E-state index contributed by atoms with van der Waals surface area (Å²) in [6, 6.07) is 10.8. The number of thiazole rings is 1. The second kappa shape index (κ2) is 7.55. The molecule has 2 aromatic rings. The molecule has 3 heteroatoms. The lowest BCUT2D eigenvalue weighted by Crippen LogP contribution is -2.26. The van der Waals surface area contributed by atoms with E-state index in [0.717, 1.165) is 25.2 Å². The van der Waals surface area contributed by atoms with Crippen molar-refractivity contribution in [3.63, 3.8) is 0 Å². The summed E-state index contributed by atoms with van der Waals surface area (Å²) in [5.74, 6) is 1.19. The number of hydrogen-bond acceptors (Lipinski definition) is 3. The molecule has 2 nitrogen and oxygen atoms in total. The highest BCUT2D eigenvalue weighted by Gasteiger charge is 2.14. The molecule has 0 bridgehead atoms. The van der Waals surface area contributed by atoms with Crippen LogP contribution in [0, 0.1) is 12.8 Å². The maximum atomic E-state index is 4.61. The molecule has 1 aromatic carbocycles. The summed E-state index contributed by atoms with van der Waals surface area (Å²) in [6.07, 6.45) is 1.02. The van der Waals surface area contributed by atoms with Gasteiger partial charge in [0.15, 0.2) is 0 Å². The van der Waals surface area contributed by atoms with Gasteiger partial charge in [0.25, 0.3) is 0 Å². The van der Waals surface area contributed by atoms with E-state index >= 15 is 0 Å². The summed E-state index contributed by atoms with van der Waals surface area (Å²) in [6.45, 7) is 8.64. The molecule has 0 saturated carbocycles. The Morgan fingerprint density at radius 1 is 1.15 bits per heavy atom. The number of rotatable bonds is 7. The maximum absolute atomic E-state index is 4.61. The molecule has 108 valence electrons. The fourth-order valence-electron chi connectivity index (χ4n) is 2.29. The second-order valence-corrected chi connectivity index (χ2v) is 6.69. The van der Waals surface area contributed by atoms with E-state index in [2.05, 4.69) is 66.8 Å². The molecule has 20 heavy (non-hydrogen) atoms. The third-order valence-electron chi connectivity index (χ3n) is 3.30. The van der Waals surface area contributed by atoms with Gasteiger partial charge >= 0.3 is 0 Å². The van der Waals surface area contributed by atoms with Gasteiger partial charge in [-0.3, -0.25) is 0 Å². The zero-order valence-electron chi connectivity index (χ0n) is 12.6. The highest BCUT2D eigenvalue weighted by atomic mass is 32.1. The van der Waals surface area contributed by atoms with Crippen molar-refractivity contribution in [3.8, 4) is 0 Å². The van der Waals surface area contributed by atoms with E-state index in [4.69, 9.17) is 0 Å². The first-order chi connectivity index (χ1) is 9.65. The van der Waals surface area contributed by atoms with Gasteiger partial charge in [0.2, 0.25) is 0 Å². The fraction of sp³-hybridized carbons (Fsp3) is 0.471. The zero-order chi connectivity index (χ0) is 14.4. The number of aryl methyl sites for hydroxylation is 1. The number of hydrogen-bond donors (Lipinski definition) is 1.